The van der Waals surface area contributed by atoms with Crippen molar-refractivity contribution in [3.05, 3.63) is 168 Å². The smallest absolute Gasteiger partial charge is 0.266 e. The van der Waals surface area contributed by atoms with Crippen molar-refractivity contribution in [3.8, 4) is 17.2 Å². The second-order valence-corrected chi connectivity index (χ2v) is 15.1. The van der Waals surface area contributed by atoms with Gasteiger partial charge in [-0.05, 0) is 47.3 Å². The number of nitrogens with zero attached hydrogens (tertiary/aromatic N) is 2. The van der Waals surface area contributed by atoms with E-state index in [4.69, 9.17) is 14.5 Å². The molecule has 230 valence electrons. The highest BCUT2D eigenvalue weighted by Crippen LogP contribution is 2.41. The zero-order valence-electron chi connectivity index (χ0n) is 26.0. The monoisotopic (exact) mass is 650 g/mol. The molecule has 0 aliphatic heterocycles. The maximum absolute atomic E-state index is 15.0. The van der Waals surface area contributed by atoms with E-state index in [0.29, 0.717) is 33.7 Å². The summed E-state index contributed by atoms with van der Waals surface area (Å²) in [5, 5.41) is 5.94. The van der Waals surface area contributed by atoms with Crippen molar-refractivity contribution in [1.82, 2.24) is 9.55 Å². The largest absolute Gasteiger partial charge is 0.497 e. The Morgan fingerprint density at radius 2 is 1.02 bits per heavy atom. The Labute approximate surface area is 276 Å². The number of ether oxygens (including phenoxy) is 2. The Balaban J connectivity index is 1.65. The van der Waals surface area contributed by atoms with Crippen LogP contribution in [0.1, 0.15) is 0 Å². The lowest BCUT2D eigenvalue weighted by atomic mass is 10.2. The molecule has 1 aromatic heterocycles. The summed E-state index contributed by atoms with van der Waals surface area (Å²) in [4.78, 5) is 20.4. The van der Waals surface area contributed by atoms with Gasteiger partial charge in [0.15, 0.2) is 0 Å². The highest BCUT2D eigenvalue weighted by atomic mass is 31.1. The van der Waals surface area contributed by atoms with Crippen LogP contribution < -0.4 is 47.1 Å². The van der Waals surface area contributed by atoms with E-state index >= 15 is 4.79 Å². The number of hydrogen-bond donors (Lipinski definition) is 0. The summed E-state index contributed by atoms with van der Waals surface area (Å²) in [6.45, 7) is 0. The van der Waals surface area contributed by atoms with Crippen molar-refractivity contribution >= 4 is 58.8 Å². The van der Waals surface area contributed by atoms with Gasteiger partial charge in [-0.2, -0.15) is 0 Å². The van der Waals surface area contributed by atoms with Gasteiger partial charge in [-0.25, -0.2) is 4.98 Å². The number of benzene rings is 6. The lowest BCUT2D eigenvalue weighted by Crippen LogP contribution is -2.40. The molecule has 0 unspecified atom stereocenters. The third kappa shape index (κ3) is 5.97. The molecule has 0 aliphatic rings. The van der Waals surface area contributed by atoms with Crippen LogP contribution in [0.3, 0.4) is 0 Å². The van der Waals surface area contributed by atoms with Gasteiger partial charge in [0.05, 0.1) is 25.1 Å². The van der Waals surface area contributed by atoms with Crippen LogP contribution in [0, 0.1) is 0 Å². The number of fused-ring (bicyclic) bond motifs is 1. The van der Waals surface area contributed by atoms with Gasteiger partial charge >= 0.3 is 0 Å². The minimum atomic E-state index is -1.28. The molecule has 0 spiro atoms. The summed E-state index contributed by atoms with van der Waals surface area (Å²) in [7, 11) is 0.855. The summed E-state index contributed by atoms with van der Waals surface area (Å²) >= 11 is 0. The predicted molar refractivity (Wildman–Crippen MR) is 198 cm³/mol. The van der Waals surface area contributed by atoms with Gasteiger partial charge in [0.1, 0.15) is 22.8 Å². The molecule has 0 N–H and O–H groups in total. The van der Waals surface area contributed by atoms with E-state index in [0.717, 1.165) is 26.5 Å². The lowest BCUT2D eigenvalue weighted by Gasteiger charge is -2.28. The normalized spacial score (nSPS) is 11.2. The third-order valence-corrected chi connectivity index (χ3v) is 12.7. The van der Waals surface area contributed by atoms with Crippen LogP contribution in [-0.2, 0) is 0 Å². The first kappa shape index (κ1) is 30.6. The van der Waals surface area contributed by atoms with E-state index in [-0.39, 0.29) is 5.56 Å². The fourth-order valence-corrected chi connectivity index (χ4v) is 10.6. The molecule has 5 nitrogen and oxygen atoms in total. The number of methoxy groups -OCH3 is 2. The van der Waals surface area contributed by atoms with Crippen LogP contribution in [0.15, 0.2) is 163 Å². The second-order valence-electron chi connectivity index (χ2n) is 10.8. The van der Waals surface area contributed by atoms with Crippen molar-refractivity contribution < 1.29 is 9.47 Å². The molecular formula is C40H32N2O3P2. The van der Waals surface area contributed by atoms with Crippen molar-refractivity contribution in [1.29, 1.82) is 0 Å². The lowest BCUT2D eigenvalue weighted by molar-refractivity contribution is 0.394. The first-order valence-electron chi connectivity index (χ1n) is 15.3. The molecule has 0 aliphatic carbocycles. The fourth-order valence-electron chi connectivity index (χ4n) is 5.83. The Bertz CT molecular complexity index is 2110. The minimum absolute atomic E-state index is 0.147. The summed E-state index contributed by atoms with van der Waals surface area (Å²) in [6, 6.07) is 53.1. The van der Waals surface area contributed by atoms with Gasteiger partial charge in [-0.3, -0.25) is 9.36 Å². The van der Waals surface area contributed by atoms with Gasteiger partial charge in [-0.1, -0.05) is 133 Å². The third-order valence-electron chi connectivity index (χ3n) is 7.96. The van der Waals surface area contributed by atoms with E-state index in [1.54, 1.807) is 14.2 Å². The van der Waals surface area contributed by atoms with E-state index in [9.17, 15) is 0 Å². The number of hydrogen-bond acceptors (Lipinski definition) is 4. The van der Waals surface area contributed by atoms with Crippen molar-refractivity contribution in [2.24, 2.45) is 0 Å². The molecule has 0 saturated carbocycles. The maximum atomic E-state index is 15.0. The quantitative estimate of drug-likeness (QED) is 0.182. The summed E-state index contributed by atoms with van der Waals surface area (Å²) in [5.74, 6) is 1.19. The van der Waals surface area contributed by atoms with Crippen molar-refractivity contribution in [2.75, 3.05) is 14.2 Å². The molecule has 0 atom stereocenters. The topological polar surface area (TPSA) is 53.4 Å². The Morgan fingerprint density at radius 3 is 1.51 bits per heavy atom. The van der Waals surface area contributed by atoms with E-state index in [1.165, 1.54) is 0 Å². The van der Waals surface area contributed by atoms with E-state index < -0.39 is 15.8 Å². The van der Waals surface area contributed by atoms with Crippen LogP contribution in [0.2, 0.25) is 0 Å². The van der Waals surface area contributed by atoms with Crippen molar-refractivity contribution in [2.45, 2.75) is 0 Å². The SMILES string of the molecule is COc1cc(OC)c(-n2c(P(c3ccccc3)c3ccccc3)nc3ccccc3c2=O)c(P(c2ccccc2)c2ccccc2)c1. The predicted octanol–water partition coefficient (Wildman–Crippen LogP) is 5.92. The van der Waals surface area contributed by atoms with Crippen LogP contribution >= 0.6 is 15.8 Å². The zero-order chi connectivity index (χ0) is 32.2. The van der Waals surface area contributed by atoms with Crippen molar-refractivity contribution in [3.63, 3.8) is 0 Å². The number of aromatic nitrogens is 2. The highest BCUT2D eigenvalue weighted by molar-refractivity contribution is 7.80. The summed E-state index contributed by atoms with van der Waals surface area (Å²) in [5.41, 5.74) is 1.85. The van der Waals surface area contributed by atoms with Crippen LogP contribution in [0.5, 0.6) is 11.5 Å². The highest BCUT2D eigenvalue weighted by Gasteiger charge is 2.30. The molecule has 7 rings (SSSR count). The molecule has 0 radical (unpaired) electrons. The molecule has 7 heteroatoms. The van der Waals surface area contributed by atoms with Gasteiger partial charge < -0.3 is 9.47 Å². The zero-order valence-corrected chi connectivity index (χ0v) is 27.8. The Kier molecular flexibility index (Phi) is 8.93. The molecule has 47 heavy (non-hydrogen) atoms. The van der Waals surface area contributed by atoms with Crippen LogP contribution in [0.25, 0.3) is 16.6 Å². The standard InChI is InChI=1S/C40H32N2O3P2/c1-44-29-27-36(45-2)38(37(28-29)46(30-17-7-3-8-18-30)31-19-9-4-10-20-31)42-39(43)34-25-15-16-26-35(34)41-40(42)47(32-21-11-5-12-22-32)33-23-13-6-14-24-33/h3-28H,1-2H3. The first-order chi connectivity index (χ1) is 23.2. The molecule has 0 fully saturated rings. The van der Waals surface area contributed by atoms with Crippen LogP contribution in [-0.4, -0.2) is 23.8 Å². The molecule has 6 aromatic carbocycles. The molecule has 0 bridgehead atoms. The molecule has 1 heterocycles. The number of rotatable bonds is 9. The first-order valence-corrected chi connectivity index (χ1v) is 17.9. The number of para-hydroxylation sites is 1. The van der Waals surface area contributed by atoms with Gasteiger partial charge in [0.25, 0.3) is 5.56 Å². The molecule has 0 saturated heterocycles. The minimum Gasteiger partial charge on any atom is -0.497 e. The van der Waals surface area contributed by atoms with Gasteiger partial charge in [0, 0.05) is 19.3 Å². The molecule has 7 aromatic rings. The van der Waals surface area contributed by atoms with E-state index in [1.807, 2.05) is 83.4 Å². The molecule has 0 amide bonds. The Morgan fingerprint density at radius 1 is 0.553 bits per heavy atom. The fraction of sp³-hybridized carbons (Fsp3) is 0.0500. The molecular weight excluding hydrogens is 618 g/mol. The van der Waals surface area contributed by atoms with Crippen LogP contribution in [0.4, 0.5) is 0 Å². The average molecular weight is 651 g/mol. The van der Waals surface area contributed by atoms with Gasteiger partial charge in [-0.15, -0.1) is 0 Å². The second kappa shape index (κ2) is 13.7. The average Bonchev–Trinajstić information content (AvgIpc) is 3.14. The summed E-state index contributed by atoms with van der Waals surface area (Å²) in [6.07, 6.45) is 0. The summed E-state index contributed by atoms with van der Waals surface area (Å²) < 4.78 is 13.8. The Hall–Kier alpha value is -5.08. The maximum Gasteiger partial charge on any atom is 0.266 e. The van der Waals surface area contributed by atoms with E-state index in [2.05, 4.69) is 78.9 Å². The van der Waals surface area contributed by atoms with Gasteiger partial charge in [0.2, 0.25) is 0 Å².